The molecular formula is C5H12N2O2S. The molecule has 0 aromatic heterocycles. The second kappa shape index (κ2) is 3.80. The Morgan fingerprint density at radius 2 is 2.40 bits per heavy atom. The van der Waals surface area contributed by atoms with Crippen LogP contribution in [-0.2, 0) is 4.79 Å². The van der Waals surface area contributed by atoms with Crippen molar-refractivity contribution in [1.82, 2.24) is 5.32 Å². The molecular weight excluding hydrogens is 152 g/mol. The summed E-state index contributed by atoms with van der Waals surface area (Å²) in [7, 11) is 0. The molecule has 0 radical (unpaired) electrons. The van der Waals surface area contributed by atoms with Gasteiger partial charge in [-0.05, 0) is 6.54 Å². The normalized spacial score (nSPS) is 16.3. The number of rotatable bonds is 4. The molecule has 0 aliphatic carbocycles. The second-order valence-electron chi connectivity index (χ2n) is 1.96. The van der Waals surface area contributed by atoms with E-state index >= 15 is 0 Å². The summed E-state index contributed by atoms with van der Waals surface area (Å²) in [5.41, 5.74) is 3.99. The molecule has 0 saturated heterocycles. The van der Waals surface area contributed by atoms with Crippen LogP contribution in [0, 0.1) is 0 Å². The van der Waals surface area contributed by atoms with Crippen LogP contribution in [-0.4, -0.2) is 29.0 Å². The largest absolute Gasteiger partial charge is 0.479 e. The maximum Gasteiger partial charge on any atom is 0.339 e. The van der Waals surface area contributed by atoms with E-state index in [0.717, 1.165) is 0 Å². The van der Waals surface area contributed by atoms with Gasteiger partial charge in [0.1, 0.15) is 0 Å². The Kier molecular flexibility index (Phi) is 3.70. The molecule has 10 heavy (non-hydrogen) atoms. The van der Waals surface area contributed by atoms with Gasteiger partial charge in [0.15, 0.2) is 5.66 Å². The van der Waals surface area contributed by atoms with Crippen LogP contribution in [0.2, 0.25) is 0 Å². The first-order valence-electron chi connectivity index (χ1n) is 2.95. The number of carbonyl (C=O) groups is 1. The number of hydrogen-bond donors (Lipinski definition) is 4. The Hall–Kier alpha value is -0.260. The summed E-state index contributed by atoms with van der Waals surface area (Å²) >= 11 is 3.81. The topological polar surface area (TPSA) is 75.3 Å². The van der Waals surface area contributed by atoms with E-state index in [1.807, 2.05) is 0 Å². The van der Waals surface area contributed by atoms with E-state index in [1.165, 1.54) is 0 Å². The first kappa shape index (κ1) is 9.74. The lowest BCUT2D eigenvalue weighted by molar-refractivity contribution is -0.143. The van der Waals surface area contributed by atoms with Crippen molar-refractivity contribution in [3.05, 3.63) is 0 Å². The predicted octanol–water partition coefficient (Wildman–Crippen LogP) is -0.735. The average Bonchev–Trinajstić information content (AvgIpc) is 1.88. The highest BCUT2D eigenvalue weighted by Gasteiger charge is 2.30. The van der Waals surface area contributed by atoms with Crippen LogP contribution < -0.4 is 11.1 Å². The van der Waals surface area contributed by atoms with Gasteiger partial charge < -0.3 is 10.8 Å². The van der Waals surface area contributed by atoms with Crippen LogP contribution in [0.4, 0.5) is 0 Å². The highest BCUT2D eigenvalue weighted by atomic mass is 32.1. The summed E-state index contributed by atoms with van der Waals surface area (Å²) in [6, 6.07) is 0. The summed E-state index contributed by atoms with van der Waals surface area (Å²) in [5.74, 6) is -1.000. The number of nitrogens with two attached hydrogens (primary N) is 1. The molecule has 0 spiro atoms. The quantitative estimate of drug-likeness (QED) is 0.326. The highest BCUT2D eigenvalue weighted by molar-refractivity contribution is 7.80. The van der Waals surface area contributed by atoms with E-state index in [-0.39, 0.29) is 5.75 Å². The first-order chi connectivity index (χ1) is 4.56. The van der Waals surface area contributed by atoms with E-state index in [9.17, 15) is 4.79 Å². The van der Waals surface area contributed by atoms with Gasteiger partial charge in [0.05, 0.1) is 0 Å². The van der Waals surface area contributed by atoms with E-state index in [0.29, 0.717) is 6.54 Å². The Morgan fingerprint density at radius 3 is 2.50 bits per heavy atom. The van der Waals surface area contributed by atoms with Crippen LogP contribution in [0.1, 0.15) is 6.92 Å². The number of carboxylic acid groups (broad SMARTS) is 1. The Labute approximate surface area is 65.2 Å². The van der Waals surface area contributed by atoms with Gasteiger partial charge in [-0.2, -0.15) is 12.6 Å². The molecule has 0 rings (SSSR count). The van der Waals surface area contributed by atoms with E-state index in [4.69, 9.17) is 10.8 Å². The van der Waals surface area contributed by atoms with Crippen LogP contribution >= 0.6 is 12.6 Å². The lowest BCUT2D eigenvalue weighted by Gasteiger charge is -2.22. The van der Waals surface area contributed by atoms with E-state index < -0.39 is 11.6 Å². The minimum atomic E-state index is -1.38. The van der Waals surface area contributed by atoms with Crippen molar-refractivity contribution in [2.45, 2.75) is 12.6 Å². The fraction of sp³-hybridized carbons (Fsp3) is 0.800. The van der Waals surface area contributed by atoms with Gasteiger partial charge in [0.25, 0.3) is 0 Å². The Morgan fingerprint density at radius 1 is 1.90 bits per heavy atom. The minimum Gasteiger partial charge on any atom is -0.479 e. The van der Waals surface area contributed by atoms with Gasteiger partial charge in [0.2, 0.25) is 0 Å². The number of nitrogens with one attached hydrogen (secondary N) is 1. The van der Waals surface area contributed by atoms with E-state index in [1.54, 1.807) is 6.92 Å². The molecule has 0 saturated carbocycles. The van der Waals surface area contributed by atoms with Gasteiger partial charge in [-0.25, -0.2) is 4.79 Å². The predicted molar refractivity (Wildman–Crippen MR) is 42.1 cm³/mol. The van der Waals surface area contributed by atoms with Crippen molar-refractivity contribution in [3.8, 4) is 0 Å². The standard InChI is InChI=1S/C5H12N2O2S/c1-2-7-5(6,3-10)4(8)9/h7,10H,2-3,6H2,1H3,(H,8,9). The number of aliphatic carboxylic acids is 1. The Balaban J connectivity index is 4.08. The van der Waals surface area contributed by atoms with Crippen molar-refractivity contribution in [3.63, 3.8) is 0 Å². The maximum absolute atomic E-state index is 10.4. The van der Waals surface area contributed by atoms with Crippen molar-refractivity contribution >= 4 is 18.6 Å². The van der Waals surface area contributed by atoms with Crippen molar-refractivity contribution in [1.29, 1.82) is 0 Å². The fourth-order valence-electron chi connectivity index (χ4n) is 0.515. The molecule has 0 heterocycles. The second-order valence-corrected chi connectivity index (χ2v) is 2.28. The minimum absolute atomic E-state index is 0.0795. The molecule has 0 aromatic rings. The molecule has 0 fully saturated rings. The molecule has 4 N–H and O–H groups in total. The summed E-state index contributed by atoms with van der Waals surface area (Å²) in [6.07, 6.45) is 0. The summed E-state index contributed by atoms with van der Waals surface area (Å²) in [5, 5.41) is 11.1. The van der Waals surface area contributed by atoms with Crippen molar-refractivity contribution in [2.75, 3.05) is 12.3 Å². The number of thiol groups is 1. The van der Waals surface area contributed by atoms with Gasteiger partial charge in [0, 0.05) is 5.75 Å². The lowest BCUT2D eigenvalue weighted by Crippen LogP contribution is -2.61. The number of carboxylic acids is 1. The zero-order valence-electron chi connectivity index (χ0n) is 5.79. The van der Waals surface area contributed by atoms with Gasteiger partial charge in [-0.3, -0.25) is 5.32 Å². The molecule has 4 nitrogen and oxygen atoms in total. The monoisotopic (exact) mass is 164 g/mol. The smallest absolute Gasteiger partial charge is 0.339 e. The SMILES string of the molecule is CCNC(N)(CS)C(=O)O. The Bertz CT molecular complexity index is 131. The first-order valence-corrected chi connectivity index (χ1v) is 3.58. The molecule has 1 atom stereocenters. The average molecular weight is 164 g/mol. The van der Waals surface area contributed by atoms with Crippen LogP contribution in [0.15, 0.2) is 0 Å². The molecule has 0 amide bonds. The summed E-state index contributed by atoms with van der Waals surface area (Å²) in [6.45, 7) is 2.30. The van der Waals surface area contributed by atoms with E-state index in [2.05, 4.69) is 17.9 Å². The third kappa shape index (κ3) is 2.17. The zero-order chi connectivity index (χ0) is 8.20. The number of likely N-dealkylation sites (N-methyl/N-ethyl adjacent to an activating group) is 1. The molecule has 1 unspecified atom stereocenters. The summed E-state index contributed by atoms with van der Waals surface area (Å²) < 4.78 is 0. The third-order valence-corrected chi connectivity index (χ3v) is 1.62. The van der Waals surface area contributed by atoms with Crippen molar-refractivity contribution < 1.29 is 9.90 Å². The van der Waals surface area contributed by atoms with Gasteiger partial charge in [-0.1, -0.05) is 6.92 Å². The lowest BCUT2D eigenvalue weighted by atomic mass is 10.2. The number of hydrogen-bond acceptors (Lipinski definition) is 4. The third-order valence-electron chi connectivity index (χ3n) is 1.12. The summed E-state index contributed by atoms with van der Waals surface area (Å²) in [4.78, 5) is 10.4. The van der Waals surface area contributed by atoms with Gasteiger partial charge in [-0.15, -0.1) is 0 Å². The van der Waals surface area contributed by atoms with Crippen molar-refractivity contribution in [2.24, 2.45) is 5.73 Å². The fourth-order valence-corrected chi connectivity index (χ4v) is 0.762. The van der Waals surface area contributed by atoms with Crippen LogP contribution in [0.3, 0.4) is 0 Å². The van der Waals surface area contributed by atoms with Gasteiger partial charge >= 0.3 is 5.97 Å². The maximum atomic E-state index is 10.4. The molecule has 0 aromatic carbocycles. The van der Waals surface area contributed by atoms with Crippen LogP contribution in [0.25, 0.3) is 0 Å². The zero-order valence-corrected chi connectivity index (χ0v) is 6.69. The highest BCUT2D eigenvalue weighted by Crippen LogP contribution is 1.97. The molecule has 60 valence electrons. The molecule has 0 aliphatic rings. The molecule has 0 aliphatic heterocycles. The van der Waals surface area contributed by atoms with Crippen LogP contribution in [0.5, 0.6) is 0 Å². The molecule has 5 heteroatoms. The molecule has 0 bridgehead atoms.